The molecule has 5 aliphatic carbocycles. The van der Waals surface area contributed by atoms with E-state index in [-0.39, 0.29) is 29.3 Å². The average molecular weight is 1220 g/mol. The lowest BCUT2D eigenvalue weighted by Gasteiger charge is -2.71. The monoisotopic (exact) mass is 1220 g/mol. The van der Waals surface area contributed by atoms with Crippen LogP contribution in [0.3, 0.4) is 0 Å². The summed E-state index contributed by atoms with van der Waals surface area (Å²) in [6.07, 6.45) is -32.7. The molecule has 15 N–H and O–H groups in total. The van der Waals surface area contributed by atoms with Crippen molar-refractivity contribution in [3.05, 3.63) is 11.6 Å². The highest BCUT2D eigenvalue weighted by Crippen LogP contribution is 2.76. The third-order valence-corrected chi connectivity index (χ3v) is 23.3. The summed E-state index contributed by atoms with van der Waals surface area (Å²) in [4.78, 5) is 15.4. The third-order valence-electron chi connectivity index (χ3n) is 23.3. The van der Waals surface area contributed by atoms with Gasteiger partial charge in [0.1, 0.15) is 97.7 Å². The van der Waals surface area contributed by atoms with Crippen molar-refractivity contribution in [1.82, 2.24) is 0 Å². The molecule has 0 spiro atoms. The molecule has 4 saturated carbocycles. The highest BCUT2D eigenvalue weighted by Gasteiger charge is 2.72. The maximum absolute atomic E-state index is 15.4. The van der Waals surface area contributed by atoms with Gasteiger partial charge in [0.15, 0.2) is 31.3 Å². The normalized spacial score (nSPS) is 55.0. The zero-order chi connectivity index (χ0) is 62.2. The van der Waals surface area contributed by atoms with Crippen LogP contribution in [0.4, 0.5) is 0 Å². The summed E-state index contributed by atoms with van der Waals surface area (Å²) in [5.74, 6) is -1.37. The molecule has 10 aliphatic rings. The number of rotatable bonds is 12. The zero-order valence-electron chi connectivity index (χ0n) is 50.0. The molecule has 0 aromatic heterocycles. The van der Waals surface area contributed by atoms with Crippen LogP contribution in [0.2, 0.25) is 0 Å². The van der Waals surface area contributed by atoms with Crippen molar-refractivity contribution < 1.29 is 129 Å². The van der Waals surface area contributed by atoms with Crippen LogP contribution in [0, 0.1) is 50.2 Å². The summed E-state index contributed by atoms with van der Waals surface area (Å²) in [5.41, 5.74) is -2.86. The van der Waals surface area contributed by atoms with Crippen LogP contribution in [0.1, 0.15) is 120 Å². The molecule has 33 atom stereocenters. The van der Waals surface area contributed by atoms with Crippen LogP contribution in [0.5, 0.6) is 0 Å². The van der Waals surface area contributed by atoms with E-state index in [1.165, 1.54) is 13.8 Å². The first-order valence-electron chi connectivity index (χ1n) is 30.6. The average Bonchev–Trinajstić information content (AvgIpc) is 0.700. The van der Waals surface area contributed by atoms with Crippen LogP contribution in [0.15, 0.2) is 11.6 Å². The molecular weight excluding hydrogens is 1120 g/mol. The molecule has 0 aromatic carbocycles. The van der Waals surface area contributed by atoms with E-state index >= 15 is 4.79 Å². The van der Waals surface area contributed by atoms with E-state index in [2.05, 4.69) is 40.7 Å². The van der Waals surface area contributed by atoms with E-state index < -0.39 is 206 Å². The van der Waals surface area contributed by atoms with Gasteiger partial charge in [0.25, 0.3) is 0 Å². The van der Waals surface area contributed by atoms with Crippen molar-refractivity contribution in [3.8, 4) is 0 Å². The van der Waals surface area contributed by atoms with Crippen molar-refractivity contribution in [2.75, 3.05) is 19.8 Å². The Bertz CT molecular complexity index is 2380. The Kier molecular flexibility index (Phi) is 18.7. The minimum Gasteiger partial charge on any atom is -0.432 e. The van der Waals surface area contributed by atoms with Crippen LogP contribution in [-0.2, 0) is 52.2 Å². The molecule has 5 heterocycles. The predicted octanol–water partition coefficient (Wildman–Crippen LogP) is -2.55. The molecule has 4 unspecified atom stereocenters. The Morgan fingerprint density at radius 3 is 1.64 bits per heavy atom. The van der Waals surface area contributed by atoms with Gasteiger partial charge in [0.05, 0.1) is 49.7 Å². The number of hydrogen-bond acceptors (Lipinski definition) is 26. The van der Waals surface area contributed by atoms with Gasteiger partial charge in [-0.3, -0.25) is 4.79 Å². The van der Waals surface area contributed by atoms with Gasteiger partial charge in [-0.05, 0) is 111 Å². The summed E-state index contributed by atoms with van der Waals surface area (Å²) >= 11 is 0. The highest BCUT2D eigenvalue weighted by atomic mass is 16.8. The topological polar surface area (TPSA) is 413 Å². The molecular formula is C59H96O26. The number of hydrogen-bond donors (Lipinski definition) is 15. The van der Waals surface area contributed by atoms with Crippen molar-refractivity contribution in [3.63, 3.8) is 0 Å². The molecule has 0 radical (unpaired) electrons. The van der Waals surface area contributed by atoms with Crippen molar-refractivity contribution in [2.45, 2.75) is 280 Å². The summed E-state index contributed by atoms with van der Waals surface area (Å²) in [6, 6.07) is 0. The first-order valence-corrected chi connectivity index (χ1v) is 30.6. The Hall–Kier alpha value is -1.75. The number of fused-ring (bicyclic) bond motifs is 7. The van der Waals surface area contributed by atoms with Gasteiger partial charge >= 0.3 is 5.97 Å². The molecule has 5 aliphatic heterocycles. The number of carbonyl (C=O) groups excluding carboxylic acids is 1. The second kappa shape index (κ2) is 24.1. The van der Waals surface area contributed by atoms with Gasteiger partial charge in [0, 0.05) is 5.92 Å². The molecule has 488 valence electrons. The van der Waals surface area contributed by atoms with Crippen LogP contribution >= 0.6 is 0 Å². The Balaban J connectivity index is 0.914. The van der Waals surface area contributed by atoms with E-state index in [4.69, 9.17) is 47.4 Å². The molecule has 10 rings (SSSR count). The van der Waals surface area contributed by atoms with E-state index in [1.54, 1.807) is 0 Å². The van der Waals surface area contributed by atoms with Gasteiger partial charge in [0.2, 0.25) is 6.29 Å². The van der Waals surface area contributed by atoms with E-state index in [1.807, 2.05) is 13.8 Å². The van der Waals surface area contributed by atoms with Crippen molar-refractivity contribution >= 4 is 5.97 Å². The lowest BCUT2D eigenvalue weighted by atomic mass is 9.33. The fourth-order valence-corrected chi connectivity index (χ4v) is 17.6. The minimum atomic E-state index is -1.86. The highest BCUT2D eigenvalue weighted by molar-refractivity contribution is 5.79. The number of ether oxygens (including phenoxy) is 10. The van der Waals surface area contributed by atoms with Crippen molar-refractivity contribution in [2.24, 2.45) is 50.2 Å². The van der Waals surface area contributed by atoms with Crippen LogP contribution in [-0.4, -0.2) is 262 Å². The molecule has 0 aromatic rings. The quantitative estimate of drug-likeness (QED) is 0.0544. The molecule has 26 nitrogen and oxygen atoms in total. The SMILES string of the molecule is C[C@H]1O[C@@H](O[C@H]2[C@H](OC(=O)[C@]34CCC(C)(C)[C@@H](O)C3C3=CCC5[C@@]6(C)CCC(O[C@@H]7OC[C@H](O)[C@@H](O[C@@H]8O[C@H](CO)[C@@H](O)[C@H](O)[C@H]8O)[C@H]7O[C@@H]7O[C@H](C)[C@@H](O)[C@@H](O)[C@H]7O)C(C)(C)C6CC[C@@]5(C)[C@]3(C)CC4)O[C@H](CO)[C@@H](O)[C@@H]2O)[C@H](O)[C@H](O)[C@H]1O. The molecule has 0 bridgehead atoms. The lowest BCUT2D eigenvalue weighted by molar-refractivity contribution is -0.388. The standard InChI is InChI=1S/C59H96O26/c1-23-33(63)37(67)41(71)48(77-23)83-45-40(70)36(66)28(21-61)80-52(45)85-53(75)59-18-16-54(3,4)47(74)32(59)25-10-11-30-56(7)14-13-31(55(5,6)29(56)12-15-58(30,9)57(25,8)17-19-59)81-51-46(84-49-42(72)38(68)34(64)24(2)78-49)44(26(62)22-76-51)82-50-43(73)39(69)35(65)27(20-60)79-50/h10,23-24,26-52,60-74H,11-22H2,1-9H3/t23-,24-,26+,27-,28-,29?,30?,31?,32?,33+,34-,35-,36-,37-,38-,39+,40+,41-,42-,43-,44-,45-,46-,47+,48+,49+,50+,51+,52+,56+,57-,58-,59+/m1/s1. The first-order chi connectivity index (χ1) is 39.7. The predicted molar refractivity (Wildman–Crippen MR) is 288 cm³/mol. The molecule has 5 saturated heterocycles. The zero-order valence-corrected chi connectivity index (χ0v) is 50.0. The first kappa shape index (κ1) is 66.2. The molecule has 26 heteroatoms. The number of allylic oxidation sites excluding steroid dienone is 1. The molecule has 9 fully saturated rings. The second-order valence-electron chi connectivity index (χ2n) is 28.6. The molecule has 85 heavy (non-hydrogen) atoms. The Labute approximate surface area is 494 Å². The van der Waals surface area contributed by atoms with Crippen LogP contribution in [0.25, 0.3) is 0 Å². The maximum Gasteiger partial charge on any atom is 0.315 e. The number of aliphatic hydroxyl groups excluding tert-OH is 15. The van der Waals surface area contributed by atoms with Gasteiger partial charge < -0.3 is 124 Å². The maximum atomic E-state index is 15.4. The Morgan fingerprint density at radius 1 is 0.529 bits per heavy atom. The van der Waals surface area contributed by atoms with Gasteiger partial charge in [-0.1, -0.05) is 60.1 Å². The fourth-order valence-electron chi connectivity index (χ4n) is 17.6. The number of aliphatic hydroxyl groups is 15. The van der Waals surface area contributed by atoms with E-state index in [0.29, 0.717) is 44.9 Å². The lowest BCUT2D eigenvalue weighted by Crippen LogP contribution is -2.68. The van der Waals surface area contributed by atoms with Crippen LogP contribution < -0.4 is 0 Å². The second-order valence-corrected chi connectivity index (χ2v) is 28.6. The Morgan fingerprint density at radius 2 is 1.05 bits per heavy atom. The number of carbonyl (C=O) groups is 1. The summed E-state index contributed by atoms with van der Waals surface area (Å²) in [6.45, 7) is 16.2. The fraction of sp³-hybridized carbons (Fsp3) is 0.949. The summed E-state index contributed by atoms with van der Waals surface area (Å²) in [5, 5.41) is 164. The summed E-state index contributed by atoms with van der Waals surface area (Å²) < 4.78 is 61.2. The van der Waals surface area contributed by atoms with Gasteiger partial charge in [-0.15, -0.1) is 0 Å². The van der Waals surface area contributed by atoms with Gasteiger partial charge in [-0.25, -0.2) is 0 Å². The summed E-state index contributed by atoms with van der Waals surface area (Å²) in [7, 11) is 0. The molecule has 0 amide bonds. The minimum absolute atomic E-state index is 0.0295. The third kappa shape index (κ3) is 10.8. The largest absolute Gasteiger partial charge is 0.432 e. The number of esters is 1. The van der Waals surface area contributed by atoms with E-state index in [9.17, 15) is 76.6 Å². The van der Waals surface area contributed by atoms with Crippen molar-refractivity contribution in [1.29, 1.82) is 0 Å². The van der Waals surface area contributed by atoms with Gasteiger partial charge in [-0.2, -0.15) is 0 Å². The van der Waals surface area contributed by atoms with E-state index in [0.717, 1.165) is 18.4 Å². The smallest absolute Gasteiger partial charge is 0.315 e.